The third kappa shape index (κ3) is 5.74. The Balaban J connectivity index is 0.000000298. The first-order valence-corrected chi connectivity index (χ1v) is 8.40. The van der Waals surface area contributed by atoms with Gasteiger partial charge >= 0.3 is 12.1 Å². The number of rotatable bonds is 2. The molecule has 0 spiro atoms. The number of nitrogens with two attached hydrogens (primary N) is 1. The number of aliphatic carboxylic acids is 1. The highest BCUT2D eigenvalue weighted by molar-refractivity contribution is 6.30. The fourth-order valence-electron chi connectivity index (χ4n) is 2.70. The molecule has 0 saturated heterocycles. The summed E-state index contributed by atoms with van der Waals surface area (Å²) in [5.41, 5.74) is 8.24. The summed E-state index contributed by atoms with van der Waals surface area (Å²) in [6.07, 6.45) is 3.43. The minimum absolute atomic E-state index is 0.377. The van der Waals surface area contributed by atoms with Crippen molar-refractivity contribution < 1.29 is 23.1 Å². The van der Waals surface area contributed by atoms with E-state index in [0.29, 0.717) is 12.1 Å². The monoisotopic (exact) mass is 389 g/mol. The van der Waals surface area contributed by atoms with Crippen molar-refractivity contribution in [3.63, 3.8) is 0 Å². The summed E-state index contributed by atoms with van der Waals surface area (Å²) >= 11 is 5.91. The van der Waals surface area contributed by atoms with Crippen LogP contribution in [0.2, 0.25) is 5.02 Å². The summed E-state index contributed by atoms with van der Waals surface area (Å²) < 4.78 is 33.8. The third-order valence-electron chi connectivity index (χ3n) is 4.14. The Bertz CT molecular complexity index is 724. The number of nitrogens with zero attached hydrogens (tertiary/aromatic N) is 2. The standard InChI is InChI=1S/C15H18ClN3.C2HF3O2/c16-13-3-1-11(2-4-13)12-9-18-19(10-12)15-7-5-14(17)6-8-15;3-2(4,5)1(6)7/h1-4,9-10,14-15H,5-8,17H2;(H,6,7). The maximum Gasteiger partial charge on any atom is 0.490 e. The third-order valence-corrected chi connectivity index (χ3v) is 4.39. The van der Waals surface area contributed by atoms with Gasteiger partial charge in [0.2, 0.25) is 0 Å². The van der Waals surface area contributed by atoms with Crippen molar-refractivity contribution in [1.82, 2.24) is 9.78 Å². The van der Waals surface area contributed by atoms with E-state index in [0.717, 1.165) is 41.8 Å². The van der Waals surface area contributed by atoms with Crippen molar-refractivity contribution in [2.24, 2.45) is 5.73 Å². The van der Waals surface area contributed by atoms with E-state index < -0.39 is 12.1 Å². The van der Waals surface area contributed by atoms with Gasteiger partial charge < -0.3 is 10.8 Å². The van der Waals surface area contributed by atoms with Gasteiger partial charge in [-0.05, 0) is 43.4 Å². The van der Waals surface area contributed by atoms with Gasteiger partial charge in [0.25, 0.3) is 0 Å². The number of carboxylic acids is 1. The Labute approximate surface area is 153 Å². The van der Waals surface area contributed by atoms with E-state index in [4.69, 9.17) is 27.2 Å². The van der Waals surface area contributed by atoms with Crippen molar-refractivity contribution in [3.05, 3.63) is 41.7 Å². The van der Waals surface area contributed by atoms with Crippen molar-refractivity contribution in [3.8, 4) is 11.1 Å². The van der Waals surface area contributed by atoms with E-state index >= 15 is 0 Å². The SMILES string of the molecule is NC1CCC(n2cc(-c3ccc(Cl)cc3)cn2)CC1.O=C(O)C(F)(F)F. The minimum Gasteiger partial charge on any atom is -0.475 e. The van der Waals surface area contributed by atoms with E-state index in [1.807, 2.05) is 30.5 Å². The Morgan fingerprint density at radius 3 is 2.19 bits per heavy atom. The fraction of sp³-hybridized carbons (Fsp3) is 0.412. The van der Waals surface area contributed by atoms with Gasteiger partial charge in [-0.25, -0.2) is 4.79 Å². The second-order valence-electron chi connectivity index (χ2n) is 6.09. The predicted octanol–water partition coefficient (Wildman–Crippen LogP) is 4.28. The van der Waals surface area contributed by atoms with Crippen molar-refractivity contribution in [2.75, 3.05) is 0 Å². The van der Waals surface area contributed by atoms with Crippen molar-refractivity contribution in [2.45, 2.75) is 43.9 Å². The van der Waals surface area contributed by atoms with Gasteiger partial charge in [-0.2, -0.15) is 18.3 Å². The van der Waals surface area contributed by atoms with E-state index in [-0.39, 0.29) is 0 Å². The molecule has 1 aromatic heterocycles. The molecule has 2 aromatic rings. The molecule has 1 fully saturated rings. The van der Waals surface area contributed by atoms with Gasteiger partial charge in [0.15, 0.2) is 0 Å². The first-order valence-electron chi connectivity index (χ1n) is 8.02. The minimum atomic E-state index is -5.08. The molecular formula is C17H19ClF3N3O2. The molecule has 5 nitrogen and oxygen atoms in total. The topological polar surface area (TPSA) is 81.1 Å². The zero-order valence-electron chi connectivity index (χ0n) is 13.8. The Morgan fingerprint density at radius 2 is 1.69 bits per heavy atom. The van der Waals surface area contributed by atoms with Crippen LogP contribution in [-0.4, -0.2) is 33.1 Å². The maximum absolute atomic E-state index is 10.6. The number of halogens is 4. The summed E-state index contributed by atoms with van der Waals surface area (Å²) in [5, 5.41) is 12.4. The lowest BCUT2D eigenvalue weighted by Crippen LogP contribution is -2.27. The van der Waals surface area contributed by atoms with Gasteiger partial charge in [-0.15, -0.1) is 0 Å². The lowest BCUT2D eigenvalue weighted by molar-refractivity contribution is -0.192. The molecule has 0 amide bonds. The maximum atomic E-state index is 10.6. The molecule has 0 unspecified atom stereocenters. The zero-order valence-corrected chi connectivity index (χ0v) is 14.5. The first kappa shape index (κ1) is 20.3. The van der Waals surface area contributed by atoms with Crippen LogP contribution in [0, 0.1) is 0 Å². The van der Waals surface area contributed by atoms with Crippen LogP contribution < -0.4 is 5.73 Å². The van der Waals surface area contributed by atoms with E-state index in [1.165, 1.54) is 0 Å². The Hall–Kier alpha value is -2.06. The van der Waals surface area contributed by atoms with Crippen LogP contribution in [0.5, 0.6) is 0 Å². The molecule has 1 aromatic carbocycles. The van der Waals surface area contributed by atoms with Crippen molar-refractivity contribution >= 4 is 17.6 Å². The molecule has 26 heavy (non-hydrogen) atoms. The molecule has 3 rings (SSSR count). The summed E-state index contributed by atoms with van der Waals surface area (Å²) in [6, 6.07) is 8.76. The number of carboxylic acid groups (broad SMARTS) is 1. The largest absolute Gasteiger partial charge is 0.490 e. The van der Waals surface area contributed by atoms with Gasteiger partial charge in [-0.3, -0.25) is 4.68 Å². The summed E-state index contributed by atoms with van der Waals surface area (Å²) in [5.74, 6) is -2.76. The Morgan fingerprint density at radius 1 is 1.15 bits per heavy atom. The number of aromatic nitrogens is 2. The van der Waals surface area contributed by atoms with Crippen LogP contribution in [0.25, 0.3) is 11.1 Å². The number of hydrogen-bond donors (Lipinski definition) is 2. The van der Waals surface area contributed by atoms with Crippen molar-refractivity contribution in [1.29, 1.82) is 0 Å². The smallest absolute Gasteiger partial charge is 0.475 e. The van der Waals surface area contributed by atoms with E-state index in [9.17, 15) is 13.2 Å². The van der Waals surface area contributed by atoms with E-state index in [2.05, 4.69) is 16.0 Å². The van der Waals surface area contributed by atoms with E-state index in [1.54, 1.807) is 0 Å². The molecule has 0 bridgehead atoms. The average molecular weight is 390 g/mol. The van der Waals surface area contributed by atoms with Crippen LogP contribution >= 0.6 is 11.6 Å². The molecule has 9 heteroatoms. The lowest BCUT2D eigenvalue weighted by Gasteiger charge is -2.26. The summed E-state index contributed by atoms with van der Waals surface area (Å²) in [7, 11) is 0. The van der Waals surface area contributed by atoms with Gasteiger partial charge in [-0.1, -0.05) is 23.7 Å². The highest BCUT2D eigenvalue weighted by Crippen LogP contribution is 2.29. The quantitative estimate of drug-likeness (QED) is 0.803. The number of hydrogen-bond acceptors (Lipinski definition) is 3. The normalized spacial score (nSPS) is 20.2. The molecule has 0 radical (unpaired) electrons. The zero-order chi connectivity index (χ0) is 19.3. The highest BCUT2D eigenvalue weighted by Gasteiger charge is 2.38. The van der Waals surface area contributed by atoms with Crippen LogP contribution in [0.3, 0.4) is 0 Å². The molecule has 0 atom stereocenters. The van der Waals surface area contributed by atoms with Gasteiger partial charge in [0.05, 0.1) is 12.2 Å². The number of carbonyl (C=O) groups is 1. The summed E-state index contributed by atoms with van der Waals surface area (Å²) in [6.45, 7) is 0. The fourth-order valence-corrected chi connectivity index (χ4v) is 2.82. The molecule has 1 aliphatic carbocycles. The van der Waals surface area contributed by atoms with Crippen LogP contribution in [0.4, 0.5) is 13.2 Å². The van der Waals surface area contributed by atoms with Gasteiger partial charge in [0.1, 0.15) is 0 Å². The molecule has 1 saturated carbocycles. The number of benzene rings is 1. The Kier molecular flexibility index (Phi) is 6.66. The highest BCUT2D eigenvalue weighted by atomic mass is 35.5. The summed E-state index contributed by atoms with van der Waals surface area (Å²) in [4.78, 5) is 8.90. The predicted molar refractivity (Wildman–Crippen MR) is 91.8 cm³/mol. The number of alkyl halides is 3. The molecule has 1 aliphatic rings. The van der Waals surface area contributed by atoms with Crippen LogP contribution in [0.1, 0.15) is 31.7 Å². The molecule has 142 valence electrons. The lowest BCUT2D eigenvalue weighted by atomic mass is 9.92. The van der Waals surface area contributed by atoms with Crippen LogP contribution in [-0.2, 0) is 4.79 Å². The second kappa shape index (κ2) is 8.55. The first-order chi connectivity index (χ1) is 12.2. The average Bonchev–Trinajstić information content (AvgIpc) is 3.06. The van der Waals surface area contributed by atoms with Gasteiger partial charge in [0, 0.05) is 22.8 Å². The second-order valence-corrected chi connectivity index (χ2v) is 6.52. The molecule has 0 aliphatic heterocycles. The molecular weight excluding hydrogens is 371 g/mol. The van der Waals surface area contributed by atoms with Crippen LogP contribution in [0.15, 0.2) is 36.7 Å². The molecule has 1 heterocycles. The molecule has 3 N–H and O–H groups in total.